The Kier molecular flexibility index (Phi) is 5.88. The Bertz CT molecular complexity index is 1290. The Morgan fingerprint density at radius 1 is 1.22 bits per heavy atom. The molecule has 0 aliphatic heterocycles. The molecule has 14 heteroatoms. The van der Waals surface area contributed by atoms with Crippen LogP contribution in [0.2, 0.25) is 10.0 Å². The summed E-state index contributed by atoms with van der Waals surface area (Å²) in [5.41, 5.74) is 0.911. The van der Waals surface area contributed by atoms with Crippen molar-refractivity contribution in [2.45, 2.75) is 20.0 Å². The molecule has 0 aliphatic carbocycles. The number of aromatic nitrogens is 6. The van der Waals surface area contributed by atoms with Crippen LogP contribution in [-0.4, -0.2) is 40.5 Å². The third kappa shape index (κ3) is 4.45. The smallest absolute Gasteiger partial charge is 0.307 e. The second-order valence-corrected chi connectivity index (χ2v) is 7.45. The predicted molar refractivity (Wildman–Crippen MR) is 113 cm³/mol. The van der Waals surface area contributed by atoms with E-state index in [0.29, 0.717) is 26.9 Å². The van der Waals surface area contributed by atoms with Crippen molar-refractivity contribution in [2.75, 3.05) is 5.32 Å². The first-order valence-corrected chi connectivity index (χ1v) is 9.83. The van der Waals surface area contributed by atoms with Gasteiger partial charge >= 0.3 is 5.69 Å². The molecule has 4 aromatic rings. The molecule has 0 bridgehead atoms. The van der Waals surface area contributed by atoms with Crippen LogP contribution in [0.15, 0.2) is 41.4 Å². The first-order chi connectivity index (χ1) is 15.3. The molecule has 3 aromatic heterocycles. The number of hydrogen-bond donors (Lipinski definition) is 1. The van der Waals surface area contributed by atoms with Gasteiger partial charge in [-0.05, 0) is 19.1 Å². The van der Waals surface area contributed by atoms with E-state index in [1.165, 1.54) is 21.9 Å². The molecular formula is C18H14Cl2N8O4. The minimum Gasteiger partial charge on any atom is -0.361 e. The number of aryl methyl sites for hydroxylation is 1. The van der Waals surface area contributed by atoms with E-state index in [-0.39, 0.29) is 30.4 Å². The topological polar surface area (TPSA) is 147 Å². The first-order valence-electron chi connectivity index (χ1n) is 9.07. The number of halogens is 2. The summed E-state index contributed by atoms with van der Waals surface area (Å²) in [5, 5.41) is 26.3. The molecule has 3 heterocycles. The van der Waals surface area contributed by atoms with Crippen molar-refractivity contribution in [1.82, 2.24) is 29.7 Å². The average molecular weight is 477 g/mol. The Balaban J connectivity index is 1.48. The van der Waals surface area contributed by atoms with Crippen LogP contribution in [-0.2, 0) is 13.1 Å². The van der Waals surface area contributed by atoms with E-state index in [2.05, 4.69) is 25.7 Å². The summed E-state index contributed by atoms with van der Waals surface area (Å²) >= 11 is 12.4. The highest BCUT2D eigenvalue weighted by Crippen LogP contribution is 2.25. The number of amides is 1. The number of hydrogen-bond acceptors (Lipinski definition) is 8. The van der Waals surface area contributed by atoms with Crippen molar-refractivity contribution in [2.24, 2.45) is 0 Å². The van der Waals surface area contributed by atoms with E-state index in [1.807, 2.05) is 0 Å². The van der Waals surface area contributed by atoms with Crippen molar-refractivity contribution in [3.8, 4) is 0 Å². The van der Waals surface area contributed by atoms with Crippen molar-refractivity contribution >= 4 is 40.7 Å². The van der Waals surface area contributed by atoms with Gasteiger partial charge in [-0.2, -0.15) is 5.10 Å². The lowest BCUT2D eigenvalue weighted by atomic mass is 10.2. The lowest BCUT2D eigenvalue weighted by Crippen LogP contribution is -2.17. The summed E-state index contributed by atoms with van der Waals surface area (Å²) in [4.78, 5) is 27.1. The lowest BCUT2D eigenvalue weighted by molar-refractivity contribution is -0.385. The number of rotatable bonds is 7. The predicted octanol–water partition coefficient (Wildman–Crippen LogP) is 3.33. The van der Waals surface area contributed by atoms with Gasteiger partial charge in [0.25, 0.3) is 5.91 Å². The molecule has 0 spiro atoms. The monoisotopic (exact) mass is 476 g/mol. The molecule has 0 unspecified atom stereocenters. The van der Waals surface area contributed by atoms with Crippen LogP contribution in [0.25, 0.3) is 0 Å². The van der Waals surface area contributed by atoms with Crippen molar-refractivity contribution < 1.29 is 14.2 Å². The maximum absolute atomic E-state index is 12.7. The third-order valence-electron chi connectivity index (χ3n) is 4.49. The van der Waals surface area contributed by atoms with Gasteiger partial charge in [0.15, 0.2) is 5.69 Å². The molecule has 0 fully saturated rings. The van der Waals surface area contributed by atoms with Gasteiger partial charge in [-0.3, -0.25) is 24.9 Å². The van der Waals surface area contributed by atoms with E-state index >= 15 is 0 Å². The van der Waals surface area contributed by atoms with Gasteiger partial charge < -0.3 is 4.52 Å². The quantitative estimate of drug-likeness (QED) is 0.315. The fourth-order valence-electron chi connectivity index (χ4n) is 2.89. The van der Waals surface area contributed by atoms with Gasteiger partial charge in [-0.25, -0.2) is 9.67 Å². The molecule has 0 atom stereocenters. The molecule has 1 aromatic carbocycles. The molecule has 1 N–H and O–H groups in total. The number of benzene rings is 1. The Hall–Kier alpha value is -3.77. The highest BCUT2D eigenvalue weighted by atomic mass is 35.5. The maximum Gasteiger partial charge on any atom is 0.307 e. The highest BCUT2D eigenvalue weighted by Gasteiger charge is 2.22. The summed E-state index contributed by atoms with van der Waals surface area (Å²) in [5.74, 6) is -0.188. The second kappa shape index (κ2) is 8.77. The zero-order chi connectivity index (χ0) is 22.8. The molecule has 0 saturated carbocycles. The van der Waals surface area contributed by atoms with E-state index in [4.69, 9.17) is 27.7 Å². The van der Waals surface area contributed by atoms with E-state index in [1.54, 1.807) is 25.1 Å². The Morgan fingerprint density at radius 3 is 2.62 bits per heavy atom. The van der Waals surface area contributed by atoms with E-state index in [0.717, 1.165) is 6.20 Å². The van der Waals surface area contributed by atoms with Gasteiger partial charge in [0.2, 0.25) is 5.95 Å². The molecule has 1 amide bonds. The Morgan fingerprint density at radius 2 is 1.94 bits per heavy atom. The minimum absolute atomic E-state index is 0.00819. The average Bonchev–Trinajstić information content (AvgIpc) is 3.47. The van der Waals surface area contributed by atoms with Crippen LogP contribution in [0.5, 0.6) is 0 Å². The molecule has 0 saturated heterocycles. The second-order valence-electron chi connectivity index (χ2n) is 6.64. The number of anilines is 1. The summed E-state index contributed by atoms with van der Waals surface area (Å²) in [7, 11) is 0. The lowest BCUT2D eigenvalue weighted by Gasteiger charge is -2.06. The zero-order valence-electron chi connectivity index (χ0n) is 16.4. The number of nitro groups is 1. The van der Waals surface area contributed by atoms with Gasteiger partial charge in [0.1, 0.15) is 24.5 Å². The normalized spacial score (nSPS) is 11.0. The third-order valence-corrected chi connectivity index (χ3v) is 5.20. The number of carbonyl (C=O) groups is 1. The van der Waals surface area contributed by atoms with Crippen molar-refractivity contribution in [1.29, 1.82) is 0 Å². The standard InChI is InChI=1S/C18H14Cl2N8O4/c1-10-12(7-26-6-11(5-22-26)28(30)31)16(25-32-10)17(29)23-18-21-9-27(24-18)8-13-14(19)3-2-4-15(13)20/h2-6,9H,7-8H2,1H3,(H,23,24,29). The zero-order valence-corrected chi connectivity index (χ0v) is 17.9. The summed E-state index contributed by atoms with van der Waals surface area (Å²) in [6.45, 7) is 1.93. The molecular weight excluding hydrogens is 463 g/mol. The molecule has 12 nitrogen and oxygen atoms in total. The van der Waals surface area contributed by atoms with Crippen LogP contribution in [0, 0.1) is 17.0 Å². The van der Waals surface area contributed by atoms with Gasteiger partial charge in [0.05, 0.1) is 18.0 Å². The number of nitrogens with zero attached hydrogens (tertiary/aromatic N) is 7. The minimum atomic E-state index is -0.605. The van der Waals surface area contributed by atoms with Gasteiger partial charge in [-0.1, -0.05) is 34.4 Å². The fourth-order valence-corrected chi connectivity index (χ4v) is 3.40. The molecule has 0 aliphatic rings. The number of carbonyl (C=O) groups excluding carboxylic acids is 1. The van der Waals surface area contributed by atoms with Crippen LogP contribution in [0.1, 0.15) is 27.4 Å². The summed E-state index contributed by atoms with van der Waals surface area (Å²) in [6.07, 6.45) is 3.79. The highest BCUT2D eigenvalue weighted by molar-refractivity contribution is 6.35. The van der Waals surface area contributed by atoms with Crippen LogP contribution in [0.3, 0.4) is 0 Å². The van der Waals surface area contributed by atoms with Gasteiger partial charge in [0, 0.05) is 21.2 Å². The van der Waals surface area contributed by atoms with Crippen LogP contribution in [0.4, 0.5) is 11.6 Å². The molecule has 32 heavy (non-hydrogen) atoms. The van der Waals surface area contributed by atoms with E-state index in [9.17, 15) is 14.9 Å². The van der Waals surface area contributed by atoms with Crippen molar-refractivity contribution in [3.05, 3.63) is 79.7 Å². The molecule has 0 radical (unpaired) electrons. The van der Waals surface area contributed by atoms with Crippen LogP contribution >= 0.6 is 23.2 Å². The SMILES string of the molecule is Cc1onc(C(=O)Nc2ncn(Cc3c(Cl)cccc3Cl)n2)c1Cn1cc([N+](=O)[O-])cn1. The van der Waals surface area contributed by atoms with Crippen molar-refractivity contribution in [3.63, 3.8) is 0 Å². The number of nitrogens with one attached hydrogen (secondary N) is 1. The molecule has 4 rings (SSSR count). The van der Waals surface area contributed by atoms with E-state index < -0.39 is 10.8 Å². The summed E-state index contributed by atoms with van der Waals surface area (Å²) < 4.78 is 7.92. The first kappa shape index (κ1) is 21.5. The molecule has 164 valence electrons. The largest absolute Gasteiger partial charge is 0.361 e. The van der Waals surface area contributed by atoms with Gasteiger partial charge in [-0.15, -0.1) is 5.10 Å². The maximum atomic E-state index is 12.7. The Labute approximate surface area is 189 Å². The fraction of sp³-hybridized carbons (Fsp3) is 0.167. The summed E-state index contributed by atoms with van der Waals surface area (Å²) in [6, 6.07) is 5.16. The van der Waals surface area contributed by atoms with Crippen LogP contribution < -0.4 is 5.32 Å².